The number of hydrogen-bond donors (Lipinski definition) is 3. The van der Waals surface area contributed by atoms with Crippen molar-refractivity contribution in [1.82, 2.24) is 15.2 Å². The molecular formula is C25H30F5N7O. The number of hydrazone groups is 1. The van der Waals surface area contributed by atoms with E-state index in [1.807, 2.05) is 0 Å². The molecule has 0 aliphatic carbocycles. The van der Waals surface area contributed by atoms with E-state index in [9.17, 15) is 26.7 Å². The van der Waals surface area contributed by atoms with Crippen molar-refractivity contribution >= 4 is 30.2 Å². The highest BCUT2D eigenvalue weighted by atomic mass is 19.4. The van der Waals surface area contributed by atoms with Gasteiger partial charge in [0.05, 0.1) is 30.1 Å². The molecule has 3 rings (SSSR count). The van der Waals surface area contributed by atoms with Gasteiger partial charge in [-0.1, -0.05) is 13.0 Å². The minimum Gasteiger partial charge on any atom is -0.368 e. The van der Waals surface area contributed by atoms with Crippen molar-refractivity contribution in [2.24, 2.45) is 16.0 Å². The lowest BCUT2D eigenvalue weighted by molar-refractivity contribution is -0.0913. The van der Waals surface area contributed by atoms with Crippen LogP contribution in [-0.4, -0.2) is 65.7 Å². The van der Waals surface area contributed by atoms with Gasteiger partial charge < -0.3 is 15.6 Å². The molecule has 3 N–H and O–H groups in total. The zero-order valence-electron chi connectivity index (χ0n) is 21.0. The molecule has 1 aromatic rings. The van der Waals surface area contributed by atoms with Crippen molar-refractivity contribution in [3.8, 4) is 0 Å². The number of nitrogens with zero attached hydrogens (tertiary/aromatic N) is 4. The fraction of sp³-hybridized carbons (Fsp3) is 0.480. The maximum Gasteiger partial charge on any atom is 0.417 e. The number of aryl methyl sites for hydroxylation is 1. The van der Waals surface area contributed by atoms with E-state index in [0.29, 0.717) is 18.5 Å². The molecule has 2 aliphatic heterocycles. The predicted octanol–water partition coefficient (Wildman–Crippen LogP) is 5.10. The zero-order chi connectivity index (χ0) is 27.9. The number of pyridine rings is 1. The first-order valence-electron chi connectivity index (χ1n) is 12.1. The van der Waals surface area contributed by atoms with Crippen LogP contribution in [0.1, 0.15) is 48.8 Å². The maximum atomic E-state index is 14.6. The van der Waals surface area contributed by atoms with Crippen LogP contribution in [0.2, 0.25) is 0 Å². The van der Waals surface area contributed by atoms with Crippen LogP contribution in [0.5, 0.6) is 0 Å². The predicted molar refractivity (Wildman–Crippen MR) is 136 cm³/mol. The fourth-order valence-electron chi connectivity index (χ4n) is 4.34. The Labute approximate surface area is 217 Å². The van der Waals surface area contributed by atoms with Crippen LogP contribution in [0.3, 0.4) is 0 Å². The Morgan fingerprint density at radius 3 is 2.74 bits per heavy atom. The number of aromatic nitrogens is 1. The van der Waals surface area contributed by atoms with Crippen molar-refractivity contribution in [1.29, 1.82) is 5.41 Å². The van der Waals surface area contributed by atoms with Gasteiger partial charge in [0.25, 0.3) is 11.8 Å². The average molecular weight is 540 g/mol. The molecule has 0 saturated carbocycles. The van der Waals surface area contributed by atoms with Gasteiger partial charge in [-0.15, -0.1) is 0 Å². The van der Waals surface area contributed by atoms with Crippen LogP contribution in [0.15, 0.2) is 45.8 Å². The summed E-state index contributed by atoms with van der Waals surface area (Å²) in [4.78, 5) is 22.8. The van der Waals surface area contributed by atoms with Crippen LogP contribution >= 0.6 is 0 Å². The van der Waals surface area contributed by atoms with Gasteiger partial charge in [0.2, 0.25) is 0 Å². The van der Waals surface area contributed by atoms with Crippen molar-refractivity contribution < 1.29 is 26.7 Å². The van der Waals surface area contributed by atoms with Crippen molar-refractivity contribution in [2.45, 2.75) is 57.7 Å². The summed E-state index contributed by atoms with van der Waals surface area (Å²) in [5, 5.41) is 13.8. The quantitative estimate of drug-likeness (QED) is 0.255. The van der Waals surface area contributed by atoms with Crippen LogP contribution in [0.25, 0.3) is 0 Å². The molecule has 8 nitrogen and oxygen atoms in total. The number of nitrogens with one attached hydrogen (secondary N) is 3. The Kier molecular flexibility index (Phi) is 9.34. The maximum absolute atomic E-state index is 14.6. The first-order valence-corrected chi connectivity index (χ1v) is 12.1. The molecule has 206 valence electrons. The molecular weight excluding hydrogens is 509 g/mol. The number of anilines is 1. The van der Waals surface area contributed by atoms with E-state index in [2.05, 4.69) is 25.8 Å². The normalized spacial score (nSPS) is 23.5. The van der Waals surface area contributed by atoms with Gasteiger partial charge in [0, 0.05) is 31.1 Å². The van der Waals surface area contributed by atoms with Crippen molar-refractivity contribution in [3.63, 3.8) is 0 Å². The van der Waals surface area contributed by atoms with E-state index in [4.69, 9.17) is 5.41 Å². The van der Waals surface area contributed by atoms with Crippen LogP contribution in [0.4, 0.5) is 27.6 Å². The number of aliphatic imine (C=N–C) groups is 1. The average Bonchev–Trinajstić information content (AvgIpc) is 2.95. The molecule has 13 heteroatoms. The van der Waals surface area contributed by atoms with Gasteiger partial charge in [0.15, 0.2) is 5.69 Å². The molecule has 1 aromatic heterocycles. The van der Waals surface area contributed by atoms with Gasteiger partial charge in [0.1, 0.15) is 5.82 Å². The third kappa shape index (κ3) is 7.68. The number of carbonyl (C=O) groups excluding carboxylic acids is 1. The standard InChI is InChI=1S/C25H30F5N7O/c1-16-12-24(26,27)15-37(23(38)22-19(36-34-11-10-31)9-8-17(2)35-22)20(16)14-33-21-7-5-3-4-6-18(13-32-21)25(28,29)30/h6-11,13,16,20,31,33,36H,3-5,12,14-15H2,1-2H3/b18-6-,21-7?,31-10?,32-13?,34-11-/t16-,20?/m1/s1. The number of halogens is 5. The Hall–Kier alpha value is -3.64. The van der Waals surface area contributed by atoms with Crippen LogP contribution in [-0.2, 0) is 0 Å². The van der Waals surface area contributed by atoms with Gasteiger partial charge in [-0.05, 0) is 50.3 Å². The Morgan fingerprint density at radius 2 is 2.03 bits per heavy atom. The Bertz CT molecular complexity index is 1140. The molecule has 0 bridgehead atoms. The highest BCUT2D eigenvalue weighted by Gasteiger charge is 2.46. The molecule has 1 fully saturated rings. The van der Waals surface area contributed by atoms with Gasteiger partial charge in [-0.3, -0.25) is 10.2 Å². The minimum absolute atomic E-state index is 0.00222. The van der Waals surface area contributed by atoms with Crippen molar-refractivity contribution in [3.05, 3.63) is 47.1 Å². The Morgan fingerprint density at radius 1 is 1.29 bits per heavy atom. The summed E-state index contributed by atoms with van der Waals surface area (Å²) in [6, 6.07) is 2.44. The highest BCUT2D eigenvalue weighted by molar-refractivity contribution is 6.14. The van der Waals surface area contributed by atoms with Crippen LogP contribution < -0.4 is 10.7 Å². The highest BCUT2D eigenvalue weighted by Crippen LogP contribution is 2.35. The second kappa shape index (κ2) is 12.3. The molecule has 0 radical (unpaired) electrons. The summed E-state index contributed by atoms with van der Waals surface area (Å²) < 4.78 is 68.9. The summed E-state index contributed by atoms with van der Waals surface area (Å²) in [5.74, 6) is -4.34. The van der Waals surface area contributed by atoms with Crippen molar-refractivity contribution in [2.75, 3.05) is 18.5 Å². The minimum atomic E-state index is -4.54. The van der Waals surface area contributed by atoms with Gasteiger partial charge in [-0.2, -0.15) is 18.3 Å². The SMILES string of the molecule is Cc1ccc(N/N=C\C=N)c(C(=O)N2CC(F)(F)C[C@@H](C)C2CNC2=CCCC/C=C(\C(F)(F)F)C=N2)n1. The number of likely N-dealkylation sites (tertiary alicyclic amines) is 1. The van der Waals surface area contributed by atoms with E-state index in [1.165, 1.54) is 0 Å². The molecule has 3 heterocycles. The monoisotopic (exact) mass is 539 g/mol. The first kappa shape index (κ1) is 28.9. The largest absolute Gasteiger partial charge is 0.417 e. The number of rotatable bonds is 7. The third-order valence-corrected chi connectivity index (χ3v) is 6.18. The number of alkyl halides is 5. The molecule has 2 atom stereocenters. The lowest BCUT2D eigenvalue weighted by Crippen LogP contribution is -2.58. The number of amides is 1. The summed E-state index contributed by atoms with van der Waals surface area (Å²) in [7, 11) is 0. The molecule has 1 amide bonds. The lowest BCUT2D eigenvalue weighted by Gasteiger charge is -2.43. The molecule has 2 aliphatic rings. The molecule has 1 unspecified atom stereocenters. The molecule has 1 saturated heterocycles. The second-order valence-electron chi connectivity index (χ2n) is 9.26. The zero-order valence-corrected chi connectivity index (χ0v) is 21.0. The van der Waals surface area contributed by atoms with Crippen LogP contribution in [0, 0.1) is 18.3 Å². The number of allylic oxidation sites excluding steroid dienone is 3. The smallest absolute Gasteiger partial charge is 0.368 e. The number of piperidine rings is 1. The molecule has 38 heavy (non-hydrogen) atoms. The summed E-state index contributed by atoms with van der Waals surface area (Å²) in [6.07, 6.45) is 1.77. The van der Waals surface area contributed by atoms with Gasteiger partial charge in [-0.25, -0.2) is 18.8 Å². The number of hydrogen-bond acceptors (Lipinski definition) is 7. The summed E-state index contributed by atoms with van der Waals surface area (Å²) >= 11 is 0. The van der Waals surface area contributed by atoms with E-state index >= 15 is 0 Å². The number of carbonyl (C=O) groups is 1. The Balaban J connectivity index is 1.87. The molecule has 0 aromatic carbocycles. The van der Waals surface area contributed by atoms with E-state index in [-0.39, 0.29) is 30.2 Å². The summed E-state index contributed by atoms with van der Waals surface area (Å²) in [5.41, 5.74) is 2.31. The van der Waals surface area contributed by atoms with E-state index < -0.39 is 48.5 Å². The summed E-state index contributed by atoms with van der Waals surface area (Å²) in [6.45, 7) is 2.41. The fourth-order valence-corrected chi connectivity index (χ4v) is 4.34. The lowest BCUT2D eigenvalue weighted by atomic mass is 9.88. The first-order chi connectivity index (χ1) is 17.9. The topological polar surface area (TPSA) is 106 Å². The van der Waals surface area contributed by atoms with E-state index in [0.717, 1.165) is 29.6 Å². The van der Waals surface area contributed by atoms with E-state index in [1.54, 1.807) is 32.1 Å². The third-order valence-electron chi connectivity index (χ3n) is 6.18. The molecule has 0 spiro atoms. The van der Waals surface area contributed by atoms with Gasteiger partial charge >= 0.3 is 6.18 Å². The second-order valence-corrected chi connectivity index (χ2v) is 9.26.